The molecule has 0 aromatic rings. The van der Waals surface area contributed by atoms with Crippen LogP contribution in [0.2, 0.25) is 0 Å². The lowest BCUT2D eigenvalue weighted by Crippen LogP contribution is -2.56. The van der Waals surface area contributed by atoms with Crippen molar-refractivity contribution in [1.82, 2.24) is 4.90 Å². The molecule has 0 spiro atoms. The number of primary amides is 1. The van der Waals surface area contributed by atoms with E-state index in [1.807, 2.05) is 41.5 Å². The van der Waals surface area contributed by atoms with E-state index in [-0.39, 0.29) is 13.2 Å². The van der Waals surface area contributed by atoms with Gasteiger partial charge in [-0.25, -0.2) is 9.59 Å². The molecule has 1 atom stereocenters. The number of nitrogens with two attached hydrogens (primary N) is 2. The third kappa shape index (κ3) is 6.10. The molecule has 0 radical (unpaired) electrons. The van der Waals surface area contributed by atoms with Gasteiger partial charge < -0.3 is 20.9 Å². The van der Waals surface area contributed by atoms with E-state index in [0.29, 0.717) is 0 Å². The van der Waals surface area contributed by atoms with Gasteiger partial charge >= 0.3 is 12.2 Å². The van der Waals surface area contributed by atoms with E-state index < -0.39 is 29.4 Å². The first-order chi connectivity index (χ1) is 8.89. The van der Waals surface area contributed by atoms with Gasteiger partial charge in [0.05, 0.1) is 0 Å². The Kier molecular flexibility index (Phi) is 6.28. The van der Waals surface area contributed by atoms with Crippen LogP contribution in [0, 0.1) is 0 Å². The van der Waals surface area contributed by atoms with E-state index in [2.05, 4.69) is 0 Å². The molecular weight excluding hydrogens is 262 g/mol. The number of ether oxygens (including phenoxy) is 2. The average Bonchev–Trinajstić information content (AvgIpc) is 2.19. The van der Waals surface area contributed by atoms with Gasteiger partial charge in [0.25, 0.3) is 0 Å². The summed E-state index contributed by atoms with van der Waals surface area (Å²) in [7, 11) is 0. The summed E-state index contributed by atoms with van der Waals surface area (Å²) >= 11 is 0. The van der Waals surface area contributed by atoms with Crippen LogP contribution in [-0.2, 0) is 9.47 Å². The lowest BCUT2D eigenvalue weighted by atomic mass is 9.97. The summed E-state index contributed by atoms with van der Waals surface area (Å²) in [5, 5.41) is 0. The molecule has 0 bridgehead atoms. The third-order valence-electron chi connectivity index (χ3n) is 2.46. The fourth-order valence-corrected chi connectivity index (χ4v) is 2.10. The molecule has 7 heteroatoms. The van der Waals surface area contributed by atoms with Gasteiger partial charge in [0.15, 0.2) is 0 Å². The minimum Gasteiger partial charge on any atom is -0.445 e. The monoisotopic (exact) mass is 289 g/mol. The van der Waals surface area contributed by atoms with Crippen LogP contribution in [0.15, 0.2) is 0 Å². The molecule has 0 heterocycles. The molecule has 0 aromatic heterocycles. The molecule has 20 heavy (non-hydrogen) atoms. The largest absolute Gasteiger partial charge is 0.445 e. The van der Waals surface area contributed by atoms with Crippen molar-refractivity contribution in [3.05, 3.63) is 0 Å². The minimum atomic E-state index is -0.944. The van der Waals surface area contributed by atoms with Crippen LogP contribution >= 0.6 is 0 Å². The highest BCUT2D eigenvalue weighted by Crippen LogP contribution is 2.25. The summed E-state index contributed by atoms with van der Waals surface area (Å²) in [5.41, 5.74) is 9.51. The highest BCUT2D eigenvalue weighted by molar-refractivity contribution is 5.69. The molecule has 0 saturated carbocycles. The second kappa shape index (κ2) is 6.78. The van der Waals surface area contributed by atoms with E-state index in [4.69, 9.17) is 20.9 Å². The van der Waals surface area contributed by atoms with E-state index in [1.54, 1.807) is 4.90 Å². The lowest BCUT2D eigenvalue weighted by Gasteiger charge is -2.44. The second-order valence-corrected chi connectivity index (χ2v) is 6.55. The molecule has 0 rings (SSSR count). The van der Waals surface area contributed by atoms with Crippen molar-refractivity contribution >= 4 is 12.2 Å². The van der Waals surface area contributed by atoms with Crippen LogP contribution in [0.4, 0.5) is 9.59 Å². The zero-order valence-corrected chi connectivity index (χ0v) is 13.2. The lowest BCUT2D eigenvalue weighted by molar-refractivity contribution is -0.00233. The molecule has 0 aliphatic heterocycles. The van der Waals surface area contributed by atoms with Crippen LogP contribution in [0.1, 0.15) is 41.5 Å². The molecule has 118 valence electrons. The first-order valence-electron chi connectivity index (χ1n) is 6.53. The molecule has 0 aliphatic carbocycles. The van der Waals surface area contributed by atoms with Gasteiger partial charge in [0, 0.05) is 17.6 Å². The number of carbonyl (C=O) groups excluding carboxylic acids is 2. The maximum atomic E-state index is 12.2. The maximum Gasteiger partial charge on any atom is 0.410 e. The Hall–Kier alpha value is -1.50. The van der Waals surface area contributed by atoms with Crippen LogP contribution in [0.5, 0.6) is 0 Å². The quantitative estimate of drug-likeness (QED) is 0.814. The molecule has 2 amide bonds. The molecule has 0 aromatic carbocycles. The Morgan fingerprint density at radius 1 is 1.10 bits per heavy atom. The first-order valence-corrected chi connectivity index (χ1v) is 6.53. The molecule has 4 N–H and O–H groups in total. The van der Waals surface area contributed by atoms with Gasteiger partial charge in [0.1, 0.15) is 12.7 Å². The standard InChI is InChI=1S/C13H27N3O4/c1-12(2,3)16(13(4,5)6)11(18)19-8-9(7-14)20-10(15)17/h9H,7-8,14H2,1-6H3,(H2,15,17)/t9-/m1/s1. The molecule has 0 saturated heterocycles. The summed E-state index contributed by atoms with van der Waals surface area (Å²) < 4.78 is 9.90. The van der Waals surface area contributed by atoms with Crippen molar-refractivity contribution in [3.8, 4) is 0 Å². The Morgan fingerprint density at radius 3 is 1.85 bits per heavy atom. The number of nitrogens with zero attached hydrogens (tertiary/aromatic N) is 1. The Bertz CT molecular complexity index is 331. The Morgan fingerprint density at radius 2 is 1.55 bits per heavy atom. The smallest absolute Gasteiger partial charge is 0.410 e. The minimum absolute atomic E-state index is 0.0290. The number of hydrogen-bond donors (Lipinski definition) is 2. The zero-order valence-electron chi connectivity index (χ0n) is 13.2. The highest BCUT2D eigenvalue weighted by Gasteiger charge is 2.37. The molecule has 0 fully saturated rings. The van der Waals surface area contributed by atoms with Crippen molar-refractivity contribution < 1.29 is 19.1 Å². The number of carbonyl (C=O) groups is 2. The van der Waals surface area contributed by atoms with E-state index in [0.717, 1.165) is 0 Å². The van der Waals surface area contributed by atoms with Gasteiger partial charge in [-0.15, -0.1) is 0 Å². The van der Waals surface area contributed by atoms with Gasteiger partial charge in [0.2, 0.25) is 0 Å². The number of rotatable bonds is 4. The van der Waals surface area contributed by atoms with Gasteiger partial charge in [-0.3, -0.25) is 4.90 Å². The van der Waals surface area contributed by atoms with Crippen LogP contribution in [-0.4, -0.2) is 47.4 Å². The van der Waals surface area contributed by atoms with E-state index in [9.17, 15) is 9.59 Å². The Balaban J connectivity index is 4.75. The zero-order chi connectivity index (χ0) is 16.1. The number of hydrogen-bond acceptors (Lipinski definition) is 5. The van der Waals surface area contributed by atoms with E-state index >= 15 is 0 Å². The first kappa shape index (κ1) is 18.5. The summed E-state index contributed by atoms with van der Waals surface area (Å²) in [6, 6.07) is 0. The molecule has 0 unspecified atom stereocenters. The van der Waals surface area contributed by atoms with Crippen LogP contribution < -0.4 is 11.5 Å². The van der Waals surface area contributed by atoms with Crippen molar-refractivity contribution in [2.45, 2.75) is 58.7 Å². The molecular formula is C13H27N3O4. The maximum absolute atomic E-state index is 12.2. The van der Waals surface area contributed by atoms with E-state index in [1.165, 1.54) is 0 Å². The second-order valence-electron chi connectivity index (χ2n) is 6.55. The predicted molar refractivity (Wildman–Crippen MR) is 76.2 cm³/mol. The van der Waals surface area contributed by atoms with Crippen molar-refractivity contribution in [1.29, 1.82) is 0 Å². The SMILES string of the molecule is CC(C)(C)N(C(=O)OC[C@@H](CN)OC(N)=O)C(C)(C)C. The van der Waals surface area contributed by atoms with Gasteiger partial charge in [-0.1, -0.05) is 0 Å². The van der Waals surface area contributed by atoms with Crippen molar-refractivity contribution in [2.75, 3.05) is 13.2 Å². The topological polar surface area (TPSA) is 108 Å². The predicted octanol–water partition coefficient (Wildman–Crippen LogP) is 1.44. The van der Waals surface area contributed by atoms with Crippen molar-refractivity contribution in [2.24, 2.45) is 11.5 Å². The summed E-state index contributed by atoms with van der Waals surface area (Å²) in [6.45, 7) is 11.4. The third-order valence-corrected chi connectivity index (χ3v) is 2.46. The normalized spacial score (nSPS) is 13.6. The van der Waals surface area contributed by atoms with Gasteiger partial charge in [-0.05, 0) is 41.5 Å². The molecule has 0 aliphatic rings. The van der Waals surface area contributed by atoms with Crippen LogP contribution in [0.3, 0.4) is 0 Å². The van der Waals surface area contributed by atoms with Crippen LogP contribution in [0.25, 0.3) is 0 Å². The fourth-order valence-electron chi connectivity index (χ4n) is 2.10. The summed E-state index contributed by atoms with van der Waals surface area (Å²) in [5.74, 6) is 0. The number of amides is 2. The Labute approximate surface area is 120 Å². The molecule has 7 nitrogen and oxygen atoms in total. The fraction of sp³-hybridized carbons (Fsp3) is 0.846. The highest BCUT2D eigenvalue weighted by atomic mass is 16.6. The van der Waals surface area contributed by atoms with Crippen molar-refractivity contribution in [3.63, 3.8) is 0 Å². The average molecular weight is 289 g/mol. The summed E-state index contributed by atoms with van der Waals surface area (Å²) in [6.07, 6.45) is -2.17. The summed E-state index contributed by atoms with van der Waals surface area (Å²) in [4.78, 5) is 24.5. The van der Waals surface area contributed by atoms with Gasteiger partial charge in [-0.2, -0.15) is 0 Å².